The van der Waals surface area contributed by atoms with Crippen LogP contribution in [0.15, 0.2) is 18.2 Å². The first-order valence-corrected chi connectivity index (χ1v) is 14.5. The van der Waals surface area contributed by atoms with Gasteiger partial charge < -0.3 is 0 Å². The average Bonchev–Trinajstić information content (AvgIpc) is 2.11. The molecule has 0 bridgehead atoms. The summed E-state index contributed by atoms with van der Waals surface area (Å²) in [7, 11) is -2.49. The molecule has 1 aromatic heterocycles. The Morgan fingerprint density at radius 3 is 1.74 bits per heavy atom. The Labute approximate surface area is 121 Å². The van der Waals surface area contributed by atoms with Gasteiger partial charge in [0.15, 0.2) is 0 Å². The van der Waals surface area contributed by atoms with Crippen LogP contribution in [0.2, 0.25) is 39.3 Å². The minimum Gasteiger partial charge on any atom is -0.258 e. The minimum atomic E-state index is -1.25. The third-order valence-corrected chi connectivity index (χ3v) is 12.8. The molecular weight excluding hydrogens is 262 g/mol. The SMILES string of the molecule is CC(C)(C)c1cccc(C([Si](C)(C)C)[Si](C)(C)C)n1. The second-order valence-corrected chi connectivity index (χ2v) is 20.1. The second kappa shape index (κ2) is 5.17. The van der Waals surface area contributed by atoms with Gasteiger partial charge >= 0.3 is 0 Å². The van der Waals surface area contributed by atoms with Crippen LogP contribution in [-0.4, -0.2) is 21.1 Å². The van der Waals surface area contributed by atoms with Crippen LogP contribution in [0.25, 0.3) is 0 Å². The molecule has 0 aliphatic heterocycles. The lowest BCUT2D eigenvalue weighted by molar-refractivity contribution is 0.566. The normalized spacial score (nSPS) is 14.0. The van der Waals surface area contributed by atoms with Crippen molar-refractivity contribution in [2.24, 2.45) is 0 Å². The fourth-order valence-corrected chi connectivity index (χ4v) is 15.7. The van der Waals surface area contributed by atoms with Crippen molar-refractivity contribution in [3.05, 3.63) is 29.6 Å². The molecule has 0 aliphatic rings. The Morgan fingerprint density at radius 1 is 0.895 bits per heavy atom. The number of hydrogen-bond donors (Lipinski definition) is 0. The van der Waals surface area contributed by atoms with Crippen molar-refractivity contribution in [1.29, 1.82) is 0 Å². The van der Waals surface area contributed by atoms with Gasteiger partial charge in [-0.15, -0.1) is 0 Å². The van der Waals surface area contributed by atoms with E-state index in [9.17, 15) is 0 Å². The highest BCUT2D eigenvalue weighted by Crippen LogP contribution is 2.35. The van der Waals surface area contributed by atoms with E-state index < -0.39 is 16.1 Å². The molecule has 0 radical (unpaired) electrons. The molecule has 0 amide bonds. The van der Waals surface area contributed by atoms with Crippen molar-refractivity contribution >= 4 is 16.1 Å². The quantitative estimate of drug-likeness (QED) is 0.696. The zero-order chi connectivity index (χ0) is 15.1. The zero-order valence-corrected chi connectivity index (χ0v) is 16.3. The number of rotatable bonds is 3. The maximum Gasteiger partial charge on any atom is 0.0513 e. The number of hydrogen-bond acceptors (Lipinski definition) is 1. The number of nitrogens with zero attached hydrogens (tertiary/aromatic N) is 1. The van der Waals surface area contributed by atoms with Gasteiger partial charge in [-0.2, -0.15) is 0 Å². The van der Waals surface area contributed by atoms with E-state index in [4.69, 9.17) is 4.98 Å². The summed E-state index contributed by atoms with van der Waals surface area (Å²) in [6.45, 7) is 21.7. The van der Waals surface area contributed by atoms with Crippen LogP contribution in [0.5, 0.6) is 0 Å². The van der Waals surface area contributed by atoms with Gasteiger partial charge in [-0.05, 0) is 17.3 Å². The average molecular weight is 294 g/mol. The first-order valence-electron chi connectivity index (χ1n) is 7.31. The molecule has 1 nitrogen and oxygen atoms in total. The highest BCUT2D eigenvalue weighted by molar-refractivity contribution is 6.96. The highest BCUT2D eigenvalue weighted by atomic mass is 28.4. The summed E-state index contributed by atoms with van der Waals surface area (Å²) >= 11 is 0. The molecule has 1 aromatic rings. The van der Waals surface area contributed by atoms with E-state index in [2.05, 4.69) is 78.3 Å². The van der Waals surface area contributed by atoms with E-state index in [0.29, 0.717) is 0 Å². The van der Waals surface area contributed by atoms with Crippen molar-refractivity contribution < 1.29 is 0 Å². The lowest BCUT2D eigenvalue weighted by atomic mass is 9.91. The molecule has 108 valence electrons. The molecule has 0 saturated heterocycles. The predicted molar refractivity (Wildman–Crippen MR) is 92.4 cm³/mol. The van der Waals surface area contributed by atoms with Crippen LogP contribution in [0.3, 0.4) is 0 Å². The summed E-state index contributed by atoms with van der Waals surface area (Å²) in [6.07, 6.45) is 0. The monoisotopic (exact) mass is 293 g/mol. The van der Waals surface area contributed by atoms with Gasteiger partial charge in [0, 0.05) is 16.8 Å². The largest absolute Gasteiger partial charge is 0.258 e. The molecule has 3 heteroatoms. The van der Waals surface area contributed by atoms with E-state index in [1.807, 2.05) is 0 Å². The van der Waals surface area contributed by atoms with E-state index >= 15 is 0 Å². The Bertz CT molecular complexity index is 419. The van der Waals surface area contributed by atoms with E-state index in [-0.39, 0.29) is 5.41 Å². The zero-order valence-electron chi connectivity index (χ0n) is 14.3. The van der Waals surface area contributed by atoms with Crippen LogP contribution < -0.4 is 0 Å². The molecule has 0 aromatic carbocycles. The Hall–Kier alpha value is -0.416. The molecule has 0 fully saturated rings. The van der Waals surface area contributed by atoms with Crippen LogP contribution in [-0.2, 0) is 5.41 Å². The third-order valence-electron chi connectivity index (χ3n) is 3.57. The number of aromatic nitrogens is 1. The summed E-state index contributed by atoms with van der Waals surface area (Å²) in [5.41, 5.74) is 2.72. The standard InChI is InChI=1S/C16H31NSi2/c1-16(2,3)14-12-10-11-13(17-14)15(18(4,5)6)19(7,8)9/h10-12,15H,1-9H3. The summed E-state index contributed by atoms with van der Waals surface area (Å²) in [4.78, 5) is 5.05. The van der Waals surface area contributed by atoms with Gasteiger partial charge in [-0.3, -0.25) is 4.98 Å². The molecule has 1 heterocycles. The molecule has 0 spiro atoms. The summed E-state index contributed by atoms with van der Waals surface area (Å²) in [6, 6.07) is 6.64. The van der Waals surface area contributed by atoms with Gasteiger partial charge in [0.2, 0.25) is 0 Å². The van der Waals surface area contributed by atoms with Crippen molar-refractivity contribution in [2.75, 3.05) is 0 Å². The molecule has 0 atom stereocenters. The number of pyridine rings is 1. The fraction of sp³-hybridized carbons (Fsp3) is 0.688. The molecule has 0 aliphatic carbocycles. The second-order valence-electron chi connectivity index (χ2n) is 8.86. The van der Waals surface area contributed by atoms with Crippen molar-refractivity contribution in [3.63, 3.8) is 0 Å². The van der Waals surface area contributed by atoms with Crippen LogP contribution in [0.4, 0.5) is 0 Å². The third kappa shape index (κ3) is 4.28. The first kappa shape index (κ1) is 16.6. The van der Waals surface area contributed by atoms with Gasteiger partial charge in [-0.25, -0.2) is 0 Å². The Morgan fingerprint density at radius 2 is 1.37 bits per heavy atom. The summed E-state index contributed by atoms with van der Waals surface area (Å²) < 4.78 is 0. The molecular formula is C16H31NSi2. The van der Waals surface area contributed by atoms with E-state index in [1.165, 1.54) is 11.4 Å². The summed E-state index contributed by atoms with van der Waals surface area (Å²) in [5, 5.41) is 0.724. The van der Waals surface area contributed by atoms with Gasteiger partial charge in [0.1, 0.15) is 0 Å². The Kier molecular flexibility index (Phi) is 4.53. The maximum atomic E-state index is 5.05. The van der Waals surface area contributed by atoms with Crippen LogP contribution >= 0.6 is 0 Å². The van der Waals surface area contributed by atoms with Gasteiger partial charge in [-0.1, -0.05) is 66.1 Å². The lowest BCUT2D eigenvalue weighted by Gasteiger charge is -2.38. The highest BCUT2D eigenvalue weighted by Gasteiger charge is 2.39. The minimum absolute atomic E-state index is 0.138. The molecule has 0 saturated carbocycles. The lowest BCUT2D eigenvalue weighted by Crippen LogP contribution is -2.47. The van der Waals surface area contributed by atoms with Crippen LogP contribution in [0, 0.1) is 0 Å². The maximum absolute atomic E-state index is 5.05. The van der Waals surface area contributed by atoms with Crippen molar-refractivity contribution in [1.82, 2.24) is 4.98 Å². The first-order chi connectivity index (χ1) is 8.33. The molecule has 19 heavy (non-hydrogen) atoms. The topological polar surface area (TPSA) is 12.9 Å². The van der Waals surface area contributed by atoms with Crippen molar-refractivity contribution in [2.45, 2.75) is 70.6 Å². The molecule has 0 N–H and O–H groups in total. The predicted octanol–water partition coefficient (Wildman–Crippen LogP) is 5.22. The van der Waals surface area contributed by atoms with Crippen molar-refractivity contribution in [3.8, 4) is 0 Å². The van der Waals surface area contributed by atoms with Gasteiger partial charge in [0.05, 0.1) is 16.1 Å². The van der Waals surface area contributed by atoms with E-state index in [0.717, 1.165) is 5.16 Å². The molecule has 1 rings (SSSR count). The smallest absolute Gasteiger partial charge is 0.0513 e. The Balaban J connectivity index is 3.34. The fourth-order valence-electron chi connectivity index (χ4n) is 3.22. The van der Waals surface area contributed by atoms with E-state index in [1.54, 1.807) is 0 Å². The van der Waals surface area contributed by atoms with Crippen LogP contribution in [0.1, 0.15) is 37.3 Å². The van der Waals surface area contributed by atoms with Gasteiger partial charge in [0.25, 0.3) is 0 Å². The molecule has 0 unspecified atom stereocenters. The summed E-state index contributed by atoms with van der Waals surface area (Å²) in [5.74, 6) is 0.